The highest BCUT2D eigenvalue weighted by Crippen LogP contribution is 2.21. The van der Waals surface area contributed by atoms with E-state index in [2.05, 4.69) is 20.8 Å². The van der Waals surface area contributed by atoms with Crippen LogP contribution >= 0.6 is 11.8 Å². The van der Waals surface area contributed by atoms with E-state index >= 15 is 0 Å². The summed E-state index contributed by atoms with van der Waals surface area (Å²) < 4.78 is 7.14. The summed E-state index contributed by atoms with van der Waals surface area (Å²) >= 11 is 1.45. The molecular weight excluding hydrogens is 350 g/mol. The maximum atomic E-state index is 12.6. The molecule has 1 N–H and O–H groups in total. The molecule has 8 heteroatoms. The fourth-order valence-corrected chi connectivity index (χ4v) is 2.93. The second-order valence-corrected chi connectivity index (χ2v) is 6.27. The van der Waals surface area contributed by atoms with Crippen LogP contribution in [-0.2, 0) is 0 Å². The predicted octanol–water partition coefficient (Wildman–Crippen LogP) is 3.34. The van der Waals surface area contributed by atoms with Crippen LogP contribution in [0.1, 0.15) is 22.8 Å². The summed E-state index contributed by atoms with van der Waals surface area (Å²) in [6.07, 6.45) is 1.90. The third-order valence-electron chi connectivity index (χ3n) is 3.71. The lowest BCUT2D eigenvalue weighted by Crippen LogP contribution is -2.12. The Morgan fingerprint density at radius 2 is 2.12 bits per heavy atom. The van der Waals surface area contributed by atoms with Crippen LogP contribution in [0, 0.1) is 6.92 Å². The van der Waals surface area contributed by atoms with Gasteiger partial charge in [-0.05, 0) is 72.5 Å². The molecule has 0 radical (unpaired) electrons. The summed E-state index contributed by atoms with van der Waals surface area (Å²) in [5.41, 5.74) is 2.94. The van der Waals surface area contributed by atoms with Gasteiger partial charge in [0.2, 0.25) is 5.16 Å². The van der Waals surface area contributed by atoms with Gasteiger partial charge in [0.05, 0.1) is 12.3 Å². The molecule has 1 heterocycles. The van der Waals surface area contributed by atoms with Crippen LogP contribution < -0.4 is 10.1 Å². The summed E-state index contributed by atoms with van der Waals surface area (Å²) in [5, 5.41) is 15.2. The van der Waals surface area contributed by atoms with Gasteiger partial charge in [-0.2, -0.15) is 4.68 Å². The number of thioether (sulfide) groups is 1. The number of tetrazole rings is 1. The first-order chi connectivity index (χ1) is 12.6. The van der Waals surface area contributed by atoms with E-state index in [1.807, 2.05) is 56.5 Å². The first kappa shape index (κ1) is 17.9. The Kier molecular flexibility index (Phi) is 5.52. The van der Waals surface area contributed by atoms with Gasteiger partial charge in [0.15, 0.2) is 0 Å². The Bertz CT molecular complexity index is 925. The molecule has 7 nitrogen and oxygen atoms in total. The molecule has 0 aliphatic rings. The number of aromatic nitrogens is 4. The molecule has 0 fully saturated rings. The number of anilines is 1. The average molecular weight is 369 g/mol. The summed E-state index contributed by atoms with van der Waals surface area (Å²) in [6, 6.07) is 12.8. The Labute approximate surface area is 155 Å². The maximum absolute atomic E-state index is 12.6. The van der Waals surface area contributed by atoms with Gasteiger partial charge < -0.3 is 10.1 Å². The van der Waals surface area contributed by atoms with Crippen molar-refractivity contribution in [2.45, 2.75) is 19.0 Å². The van der Waals surface area contributed by atoms with E-state index in [4.69, 9.17) is 4.74 Å². The van der Waals surface area contributed by atoms with Crippen molar-refractivity contribution in [1.82, 2.24) is 20.2 Å². The largest absolute Gasteiger partial charge is 0.494 e. The third kappa shape index (κ3) is 3.85. The van der Waals surface area contributed by atoms with Crippen LogP contribution in [0.15, 0.2) is 47.6 Å². The van der Waals surface area contributed by atoms with Gasteiger partial charge in [-0.1, -0.05) is 17.8 Å². The molecule has 0 saturated carbocycles. The molecule has 2 aromatic carbocycles. The van der Waals surface area contributed by atoms with Crippen molar-refractivity contribution < 1.29 is 9.53 Å². The SMILES string of the molecule is CCOc1ccc(C(=O)Nc2cccc(-n3nnnc3SC)c2)cc1C. The lowest BCUT2D eigenvalue weighted by Gasteiger charge is -2.10. The monoisotopic (exact) mass is 369 g/mol. The van der Waals surface area contributed by atoms with Crippen LogP contribution in [0.3, 0.4) is 0 Å². The van der Waals surface area contributed by atoms with Gasteiger partial charge in [0.1, 0.15) is 5.75 Å². The summed E-state index contributed by atoms with van der Waals surface area (Å²) in [7, 11) is 0. The molecule has 134 valence electrons. The van der Waals surface area contributed by atoms with E-state index in [0.717, 1.165) is 17.0 Å². The molecule has 0 spiro atoms. The average Bonchev–Trinajstić information content (AvgIpc) is 3.12. The Morgan fingerprint density at radius 1 is 1.27 bits per heavy atom. The molecule has 1 amide bonds. The first-order valence-electron chi connectivity index (χ1n) is 8.10. The van der Waals surface area contributed by atoms with Crippen molar-refractivity contribution in [3.8, 4) is 11.4 Å². The van der Waals surface area contributed by atoms with Crippen molar-refractivity contribution in [3.05, 3.63) is 53.6 Å². The quantitative estimate of drug-likeness (QED) is 0.671. The van der Waals surface area contributed by atoms with Crippen molar-refractivity contribution in [3.63, 3.8) is 0 Å². The van der Waals surface area contributed by atoms with Crippen LogP contribution in [0.25, 0.3) is 5.69 Å². The molecule has 3 aromatic rings. The number of benzene rings is 2. The second kappa shape index (κ2) is 8.01. The Balaban J connectivity index is 1.80. The Morgan fingerprint density at radius 3 is 2.85 bits per heavy atom. The Hall–Kier alpha value is -2.87. The molecular formula is C18H19N5O2S. The minimum absolute atomic E-state index is 0.185. The summed E-state index contributed by atoms with van der Waals surface area (Å²) in [6.45, 7) is 4.44. The number of nitrogens with zero attached hydrogens (tertiary/aromatic N) is 4. The fourth-order valence-electron chi connectivity index (χ4n) is 2.50. The number of amides is 1. The number of nitrogens with one attached hydrogen (secondary N) is 1. The van der Waals surface area contributed by atoms with E-state index in [0.29, 0.717) is 23.0 Å². The molecule has 3 rings (SSSR count). The normalized spacial score (nSPS) is 10.6. The van der Waals surface area contributed by atoms with Crippen LogP contribution in [0.2, 0.25) is 0 Å². The number of hydrogen-bond donors (Lipinski definition) is 1. The summed E-state index contributed by atoms with van der Waals surface area (Å²) in [4.78, 5) is 12.6. The summed E-state index contributed by atoms with van der Waals surface area (Å²) in [5.74, 6) is 0.601. The molecule has 0 atom stereocenters. The van der Waals surface area contributed by atoms with E-state index in [9.17, 15) is 4.79 Å². The molecule has 0 aliphatic carbocycles. The number of hydrogen-bond acceptors (Lipinski definition) is 6. The standard InChI is InChI=1S/C18H19N5O2S/c1-4-25-16-9-8-13(10-12(16)2)17(24)19-14-6-5-7-15(11-14)23-18(26-3)20-21-22-23/h5-11H,4H2,1-3H3,(H,19,24). The van der Waals surface area contributed by atoms with E-state index in [1.54, 1.807) is 10.7 Å². The fraction of sp³-hybridized carbons (Fsp3) is 0.222. The zero-order valence-electron chi connectivity index (χ0n) is 14.8. The zero-order valence-corrected chi connectivity index (χ0v) is 15.6. The zero-order chi connectivity index (χ0) is 18.5. The van der Waals surface area contributed by atoms with Crippen LogP contribution in [0.5, 0.6) is 5.75 Å². The van der Waals surface area contributed by atoms with E-state index < -0.39 is 0 Å². The van der Waals surface area contributed by atoms with Gasteiger partial charge in [-0.3, -0.25) is 4.79 Å². The van der Waals surface area contributed by atoms with E-state index in [-0.39, 0.29) is 5.91 Å². The number of carbonyl (C=O) groups excluding carboxylic acids is 1. The lowest BCUT2D eigenvalue weighted by molar-refractivity contribution is 0.102. The van der Waals surface area contributed by atoms with E-state index in [1.165, 1.54) is 11.8 Å². The smallest absolute Gasteiger partial charge is 0.255 e. The highest BCUT2D eigenvalue weighted by atomic mass is 32.2. The van der Waals surface area contributed by atoms with Crippen molar-refractivity contribution >= 4 is 23.4 Å². The predicted molar refractivity (Wildman–Crippen MR) is 101 cm³/mol. The van der Waals surface area contributed by atoms with Crippen molar-refractivity contribution in [2.24, 2.45) is 0 Å². The minimum Gasteiger partial charge on any atom is -0.494 e. The number of rotatable bonds is 6. The third-order valence-corrected chi connectivity index (χ3v) is 4.33. The molecule has 0 saturated heterocycles. The van der Waals surface area contributed by atoms with Gasteiger partial charge in [0.25, 0.3) is 5.91 Å². The van der Waals surface area contributed by atoms with Gasteiger partial charge >= 0.3 is 0 Å². The molecule has 0 aliphatic heterocycles. The molecule has 1 aromatic heterocycles. The molecule has 0 bridgehead atoms. The second-order valence-electron chi connectivity index (χ2n) is 5.50. The number of ether oxygens (including phenoxy) is 1. The highest BCUT2D eigenvalue weighted by Gasteiger charge is 2.11. The van der Waals surface area contributed by atoms with Gasteiger partial charge in [-0.15, -0.1) is 5.10 Å². The maximum Gasteiger partial charge on any atom is 0.255 e. The van der Waals surface area contributed by atoms with Crippen LogP contribution in [-0.4, -0.2) is 39.0 Å². The number of aryl methyl sites for hydroxylation is 1. The highest BCUT2D eigenvalue weighted by molar-refractivity contribution is 7.98. The topological polar surface area (TPSA) is 81.9 Å². The van der Waals surface area contributed by atoms with Crippen LogP contribution in [0.4, 0.5) is 5.69 Å². The number of carbonyl (C=O) groups is 1. The first-order valence-corrected chi connectivity index (χ1v) is 9.32. The van der Waals surface area contributed by atoms with Gasteiger partial charge in [-0.25, -0.2) is 0 Å². The lowest BCUT2D eigenvalue weighted by atomic mass is 10.1. The molecule has 26 heavy (non-hydrogen) atoms. The van der Waals surface area contributed by atoms with Gasteiger partial charge in [0, 0.05) is 11.3 Å². The van der Waals surface area contributed by atoms with Crippen molar-refractivity contribution in [1.29, 1.82) is 0 Å². The van der Waals surface area contributed by atoms with Crippen molar-refractivity contribution in [2.75, 3.05) is 18.2 Å². The molecule has 0 unspecified atom stereocenters. The minimum atomic E-state index is -0.185.